The van der Waals surface area contributed by atoms with Crippen LogP contribution in [0.15, 0.2) is 78.9 Å². The van der Waals surface area contributed by atoms with Crippen molar-refractivity contribution in [3.8, 4) is 12.1 Å². The number of carbonyl (C=O) groups is 1. The molecule has 2 aliphatic heterocycles. The van der Waals surface area contributed by atoms with Gasteiger partial charge in [0, 0.05) is 23.2 Å². The van der Waals surface area contributed by atoms with E-state index in [1.54, 1.807) is 41.3 Å². The van der Waals surface area contributed by atoms with E-state index in [0.29, 0.717) is 11.3 Å². The van der Waals surface area contributed by atoms with Crippen LogP contribution in [0.3, 0.4) is 0 Å². The van der Waals surface area contributed by atoms with E-state index in [2.05, 4.69) is 12.1 Å². The average Bonchev–Trinajstić information content (AvgIpc) is 3.15. The van der Waals surface area contributed by atoms with E-state index in [1.165, 1.54) is 6.07 Å². The molecule has 4 nitrogen and oxygen atoms in total. The molecule has 0 aliphatic carbocycles. The SMILES string of the molecule is N#CC1(C#N)[C@H](c2ccc(F)cc2F)[C@@H](C(=O)c2ccccc2)N2c3ccccc3C=C[C@@H]21. The summed E-state index contributed by atoms with van der Waals surface area (Å²) in [6.45, 7) is 0. The molecule has 6 heteroatoms. The Morgan fingerprint density at radius 1 is 0.939 bits per heavy atom. The highest BCUT2D eigenvalue weighted by molar-refractivity contribution is 6.04. The summed E-state index contributed by atoms with van der Waals surface area (Å²) in [6.07, 6.45) is 3.54. The average molecular weight is 437 g/mol. The van der Waals surface area contributed by atoms with E-state index in [4.69, 9.17) is 0 Å². The minimum Gasteiger partial charge on any atom is -0.351 e. The quantitative estimate of drug-likeness (QED) is 0.525. The molecule has 0 radical (unpaired) electrons. The van der Waals surface area contributed by atoms with Crippen LogP contribution in [-0.2, 0) is 0 Å². The minimum absolute atomic E-state index is 0.0333. The molecule has 1 fully saturated rings. The van der Waals surface area contributed by atoms with E-state index < -0.39 is 35.1 Å². The van der Waals surface area contributed by atoms with Crippen LogP contribution in [0.2, 0.25) is 0 Å². The van der Waals surface area contributed by atoms with Crippen molar-refractivity contribution in [2.75, 3.05) is 4.90 Å². The van der Waals surface area contributed by atoms with Crippen molar-refractivity contribution in [2.45, 2.75) is 18.0 Å². The van der Waals surface area contributed by atoms with Crippen LogP contribution >= 0.6 is 0 Å². The Morgan fingerprint density at radius 3 is 2.33 bits per heavy atom. The summed E-state index contributed by atoms with van der Waals surface area (Å²) >= 11 is 0. The van der Waals surface area contributed by atoms with Gasteiger partial charge in [-0.25, -0.2) is 8.78 Å². The summed E-state index contributed by atoms with van der Waals surface area (Å²) in [5, 5.41) is 20.6. The van der Waals surface area contributed by atoms with Crippen LogP contribution in [0.4, 0.5) is 14.5 Å². The van der Waals surface area contributed by atoms with E-state index in [9.17, 15) is 19.7 Å². The normalized spacial score (nSPS) is 22.1. The highest BCUT2D eigenvalue weighted by Gasteiger charge is 2.63. The molecule has 2 aliphatic rings. The predicted molar refractivity (Wildman–Crippen MR) is 119 cm³/mol. The smallest absolute Gasteiger partial charge is 0.185 e. The summed E-state index contributed by atoms with van der Waals surface area (Å²) in [7, 11) is 0. The molecular formula is C27H17F2N3O. The monoisotopic (exact) mass is 437 g/mol. The van der Waals surface area contributed by atoms with E-state index >= 15 is 4.39 Å². The number of rotatable bonds is 3. The standard InChI is InChI=1S/C27H17F2N3O/c28-19-11-12-20(21(29)14-19)24-25(26(33)18-7-2-1-3-8-18)32-22-9-5-4-6-17(22)10-13-23(32)27(24,15-30)16-31/h1-14,23-25H/t23-,24-,25+/m1/s1. The Morgan fingerprint density at radius 2 is 1.64 bits per heavy atom. The van der Waals surface area contributed by atoms with Gasteiger partial charge < -0.3 is 4.90 Å². The van der Waals surface area contributed by atoms with Crippen LogP contribution < -0.4 is 4.90 Å². The number of para-hydroxylation sites is 1. The van der Waals surface area contributed by atoms with Gasteiger partial charge in [0.05, 0.1) is 18.2 Å². The first-order valence-electron chi connectivity index (χ1n) is 10.4. The van der Waals surface area contributed by atoms with Crippen molar-refractivity contribution in [1.82, 2.24) is 0 Å². The lowest BCUT2D eigenvalue weighted by molar-refractivity contribution is 0.0950. The summed E-state index contributed by atoms with van der Waals surface area (Å²) in [5.41, 5.74) is 0.0722. The fourth-order valence-corrected chi connectivity index (χ4v) is 5.10. The van der Waals surface area contributed by atoms with Crippen LogP contribution in [0, 0.1) is 39.7 Å². The number of fused-ring (bicyclic) bond motifs is 3. The molecule has 0 bridgehead atoms. The number of ketones is 1. The van der Waals surface area contributed by atoms with Crippen LogP contribution in [0.25, 0.3) is 6.08 Å². The third-order valence-corrected chi connectivity index (χ3v) is 6.54. The first-order chi connectivity index (χ1) is 16.0. The molecule has 0 N–H and O–H groups in total. The summed E-state index contributed by atoms with van der Waals surface area (Å²) in [5.74, 6) is -3.16. The molecule has 160 valence electrons. The number of benzene rings is 3. The maximum atomic E-state index is 15.1. The van der Waals surface area contributed by atoms with E-state index in [-0.39, 0.29) is 11.3 Å². The third kappa shape index (κ3) is 2.96. The molecule has 1 saturated heterocycles. The zero-order valence-electron chi connectivity index (χ0n) is 17.3. The largest absolute Gasteiger partial charge is 0.351 e. The van der Waals surface area contributed by atoms with Gasteiger partial charge in [0.25, 0.3) is 0 Å². The van der Waals surface area contributed by atoms with Crippen LogP contribution in [0.1, 0.15) is 27.4 Å². The van der Waals surface area contributed by atoms with Gasteiger partial charge in [-0.2, -0.15) is 10.5 Å². The predicted octanol–water partition coefficient (Wildman–Crippen LogP) is 5.25. The van der Waals surface area contributed by atoms with Gasteiger partial charge in [-0.3, -0.25) is 4.79 Å². The Balaban J connectivity index is 1.81. The second-order valence-electron chi connectivity index (χ2n) is 8.18. The maximum absolute atomic E-state index is 15.1. The molecule has 33 heavy (non-hydrogen) atoms. The van der Waals surface area contributed by atoms with Crippen molar-refractivity contribution in [3.05, 3.63) is 107 Å². The fraction of sp³-hybridized carbons (Fsp3) is 0.148. The van der Waals surface area contributed by atoms with E-state index in [1.807, 2.05) is 30.3 Å². The number of halogens is 2. The van der Waals surface area contributed by atoms with Crippen molar-refractivity contribution >= 4 is 17.5 Å². The van der Waals surface area contributed by atoms with Gasteiger partial charge in [-0.15, -0.1) is 0 Å². The number of hydrogen-bond donors (Lipinski definition) is 0. The van der Waals surface area contributed by atoms with Crippen molar-refractivity contribution < 1.29 is 13.6 Å². The van der Waals surface area contributed by atoms with Gasteiger partial charge in [0.2, 0.25) is 0 Å². The molecule has 3 atom stereocenters. The molecule has 3 aromatic rings. The Hall–Kier alpha value is -4.29. The van der Waals surface area contributed by atoms with Crippen LogP contribution in [0.5, 0.6) is 0 Å². The molecule has 3 aromatic carbocycles. The number of hydrogen-bond acceptors (Lipinski definition) is 4. The van der Waals surface area contributed by atoms with Gasteiger partial charge in [0.1, 0.15) is 17.7 Å². The van der Waals surface area contributed by atoms with Crippen molar-refractivity contribution in [2.24, 2.45) is 5.41 Å². The zero-order chi connectivity index (χ0) is 23.2. The molecule has 0 aromatic heterocycles. The first kappa shape index (κ1) is 20.6. The zero-order valence-corrected chi connectivity index (χ0v) is 17.3. The van der Waals surface area contributed by atoms with Gasteiger partial charge in [0.15, 0.2) is 11.2 Å². The number of nitrogens with zero attached hydrogens (tertiary/aromatic N) is 3. The lowest BCUT2D eigenvalue weighted by Gasteiger charge is -2.35. The molecule has 0 unspecified atom stereocenters. The number of Topliss-reactive ketones (excluding diaryl/α,β-unsaturated/α-hetero) is 1. The van der Waals surface area contributed by atoms with Crippen LogP contribution in [-0.4, -0.2) is 17.9 Å². The molecule has 0 amide bonds. The molecule has 2 heterocycles. The second kappa shape index (κ2) is 7.69. The summed E-state index contributed by atoms with van der Waals surface area (Å²) in [6, 6.07) is 21.3. The maximum Gasteiger partial charge on any atom is 0.185 e. The molecule has 0 saturated carbocycles. The topological polar surface area (TPSA) is 67.9 Å². The Kier molecular flexibility index (Phi) is 4.80. The van der Waals surface area contributed by atoms with E-state index in [0.717, 1.165) is 17.7 Å². The highest BCUT2D eigenvalue weighted by atomic mass is 19.1. The first-order valence-corrected chi connectivity index (χ1v) is 10.4. The number of anilines is 1. The Bertz CT molecular complexity index is 1360. The van der Waals surface area contributed by atoms with Gasteiger partial charge in [-0.1, -0.05) is 66.7 Å². The molecular weight excluding hydrogens is 420 g/mol. The third-order valence-electron chi connectivity index (χ3n) is 6.54. The lowest BCUT2D eigenvalue weighted by atomic mass is 9.69. The second-order valence-corrected chi connectivity index (χ2v) is 8.18. The molecule has 0 spiro atoms. The fourth-order valence-electron chi connectivity index (χ4n) is 5.10. The van der Waals surface area contributed by atoms with Crippen molar-refractivity contribution in [1.29, 1.82) is 10.5 Å². The van der Waals surface area contributed by atoms with Gasteiger partial charge in [-0.05, 0) is 23.3 Å². The molecule has 5 rings (SSSR count). The summed E-state index contributed by atoms with van der Waals surface area (Å²) < 4.78 is 28.9. The lowest BCUT2D eigenvalue weighted by Crippen LogP contribution is -2.44. The Labute approximate surface area is 189 Å². The summed E-state index contributed by atoms with van der Waals surface area (Å²) in [4.78, 5) is 15.7. The number of nitriles is 2. The van der Waals surface area contributed by atoms with Gasteiger partial charge >= 0.3 is 0 Å². The highest BCUT2D eigenvalue weighted by Crippen LogP contribution is 2.55. The number of carbonyl (C=O) groups excluding carboxylic acids is 1. The minimum atomic E-state index is -1.78. The van der Waals surface area contributed by atoms with Crippen molar-refractivity contribution in [3.63, 3.8) is 0 Å².